The van der Waals surface area contributed by atoms with Crippen LogP contribution in [0.25, 0.3) is 5.82 Å². The minimum Gasteiger partial charge on any atom is -0.382 e. The number of amides is 1. The Balaban J connectivity index is 1.73. The fourth-order valence-electron chi connectivity index (χ4n) is 2.64. The number of aromatic nitrogens is 3. The second-order valence-corrected chi connectivity index (χ2v) is 7.54. The van der Waals surface area contributed by atoms with E-state index >= 15 is 0 Å². The van der Waals surface area contributed by atoms with Gasteiger partial charge in [0.2, 0.25) is 0 Å². The number of carbonyl (C=O) groups is 1. The van der Waals surface area contributed by atoms with Crippen LogP contribution in [0.5, 0.6) is 0 Å². The fraction of sp³-hybridized carbons (Fsp3) is 0. The SMILES string of the molecule is Nc1c(NC(=O)c2ccccc2)c(Sc2ccc(Cl)cc2)nn1-c1ccccn1. The molecule has 0 atom stereocenters. The van der Waals surface area contributed by atoms with Gasteiger partial charge in [-0.3, -0.25) is 4.79 Å². The molecule has 4 aromatic rings. The highest BCUT2D eigenvalue weighted by atomic mass is 35.5. The fourth-order valence-corrected chi connectivity index (χ4v) is 3.64. The molecule has 1 amide bonds. The number of rotatable bonds is 5. The van der Waals surface area contributed by atoms with Crippen LogP contribution in [-0.4, -0.2) is 20.7 Å². The number of halogens is 1. The molecule has 8 heteroatoms. The maximum Gasteiger partial charge on any atom is 0.255 e. The van der Waals surface area contributed by atoms with Crippen molar-refractivity contribution in [2.45, 2.75) is 9.92 Å². The Hall–Kier alpha value is -3.29. The van der Waals surface area contributed by atoms with E-state index in [1.165, 1.54) is 16.4 Å². The lowest BCUT2D eigenvalue weighted by molar-refractivity contribution is 0.102. The summed E-state index contributed by atoms with van der Waals surface area (Å²) < 4.78 is 1.51. The molecule has 0 aliphatic heterocycles. The van der Waals surface area contributed by atoms with E-state index in [2.05, 4.69) is 15.4 Å². The first kappa shape index (κ1) is 19.0. The third-order valence-electron chi connectivity index (χ3n) is 4.06. The molecule has 0 saturated carbocycles. The molecule has 2 aromatic carbocycles. The Morgan fingerprint density at radius 3 is 2.41 bits per heavy atom. The molecule has 6 nitrogen and oxygen atoms in total. The van der Waals surface area contributed by atoms with Crippen LogP contribution in [0.3, 0.4) is 0 Å². The number of nitrogens with two attached hydrogens (primary N) is 1. The lowest BCUT2D eigenvalue weighted by atomic mass is 10.2. The molecule has 4 rings (SSSR count). The van der Waals surface area contributed by atoms with Crippen LogP contribution < -0.4 is 11.1 Å². The third kappa shape index (κ3) is 4.26. The number of benzene rings is 2. The van der Waals surface area contributed by atoms with Crippen molar-refractivity contribution in [3.05, 3.63) is 89.6 Å². The molecule has 0 unspecified atom stereocenters. The molecule has 0 spiro atoms. The van der Waals surface area contributed by atoms with E-state index in [1.807, 2.05) is 30.3 Å². The summed E-state index contributed by atoms with van der Waals surface area (Å²) in [4.78, 5) is 17.9. The van der Waals surface area contributed by atoms with E-state index in [9.17, 15) is 4.79 Å². The van der Waals surface area contributed by atoms with E-state index < -0.39 is 0 Å². The summed E-state index contributed by atoms with van der Waals surface area (Å²) in [5.41, 5.74) is 7.31. The number of hydrogen-bond acceptors (Lipinski definition) is 5. The molecule has 0 bridgehead atoms. The van der Waals surface area contributed by atoms with Gasteiger partial charge in [0.05, 0.1) is 0 Å². The highest BCUT2D eigenvalue weighted by molar-refractivity contribution is 7.99. The molecule has 0 saturated heterocycles. The average Bonchev–Trinajstić information content (AvgIpc) is 3.06. The van der Waals surface area contributed by atoms with E-state index in [1.54, 1.807) is 48.7 Å². The quantitative estimate of drug-likeness (QED) is 0.478. The van der Waals surface area contributed by atoms with Crippen LogP contribution in [0.15, 0.2) is 88.9 Å². The third-order valence-corrected chi connectivity index (χ3v) is 5.30. The van der Waals surface area contributed by atoms with Crippen molar-refractivity contribution in [3.63, 3.8) is 0 Å². The smallest absolute Gasteiger partial charge is 0.255 e. The van der Waals surface area contributed by atoms with Gasteiger partial charge >= 0.3 is 0 Å². The number of carbonyl (C=O) groups excluding carboxylic acids is 1. The van der Waals surface area contributed by atoms with Gasteiger partial charge in [0.25, 0.3) is 5.91 Å². The monoisotopic (exact) mass is 421 g/mol. The van der Waals surface area contributed by atoms with Gasteiger partial charge in [-0.1, -0.05) is 47.6 Å². The second-order valence-electron chi connectivity index (χ2n) is 6.04. The molecule has 3 N–H and O–H groups in total. The van der Waals surface area contributed by atoms with Gasteiger partial charge in [-0.25, -0.2) is 4.98 Å². The Morgan fingerprint density at radius 1 is 1.00 bits per heavy atom. The lowest BCUT2D eigenvalue weighted by Gasteiger charge is -2.07. The minimum atomic E-state index is -0.268. The summed E-state index contributed by atoms with van der Waals surface area (Å²) >= 11 is 7.35. The number of nitrogens with one attached hydrogen (secondary N) is 1. The summed E-state index contributed by atoms with van der Waals surface area (Å²) in [7, 11) is 0. The highest BCUT2D eigenvalue weighted by Gasteiger charge is 2.21. The van der Waals surface area contributed by atoms with Gasteiger partial charge in [0, 0.05) is 21.7 Å². The first-order valence-corrected chi connectivity index (χ1v) is 9.91. The average molecular weight is 422 g/mol. The van der Waals surface area contributed by atoms with Gasteiger partial charge in [-0.15, -0.1) is 0 Å². The van der Waals surface area contributed by atoms with Crippen molar-refractivity contribution < 1.29 is 4.79 Å². The van der Waals surface area contributed by atoms with E-state index in [0.717, 1.165) is 4.90 Å². The van der Waals surface area contributed by atoms with Crippen molar-refractivity contribution in [1.82, 2.24) is 14.8 Å². The van der Waals surface area contributed by atoms with Crippen molar-refractivity contribution in [2.75, 3.05) is 11.1 Å². The molecule has 0 aliphatic carbocycles. The maximum atomic E-state index is 12.7. The molecule has 0 aliphatic rings. The Bertz CT molecular complexity index is 1130. The largest absolute Gasteiger partial charge is 0.382 e. The predicted molar refractivity (Wildman–Crippen MR) is 116 cm³/mol. The zero-order chi connectivity index (χ0) is 20.2. The van der Waals surface area contributed by atoms with Gasteiger partial charge in [0.15, 0.2) is 11.6 Å². The summed E-state index contributed by atoms with van der Waals surface area (Å²) in [6.45, 7) is 0. The summed E-state index contributed by atoms with van der Waals surface area (Å²) in [6.07, 6.45) is 1.66. The second kappa shape index (κ2) is 8.38. The number of nitrogens with zero attached hydrogens (tertiary/aromatic N) is 3. The first-order valence-electron chi connectivity index (χ1n) is 8.71. The van der Waals surface area contributed by atoms with E-state index in [0.29, 0.717) is 32.9 Å². The van der Waals surface area contributed by atoms with Crippen molar-refractivity contribution in [1.29, 1.82) is 0 Å². The van der Waals surface area contributed by atoms with Gasteiger partial charge in [0.1, 0.15) is 10.7 Å². The topological polar surface area (TPSA) is 85.8 Å². The van der Waals surface area contributed by atoms with Gasteiger partial charge in [-0.2, -0.15) is 9.78 Å². The zero-order valence-corrected chi connectivity index (χ0v) is 16.7. The summed E-state index contributed by atoms with van der Waals surface area (Å²) in [6, 6.07) is 21.7. The summed E-state index contributed by atoms with van der Waals surface area (Å²) in [5.74, 6) is 0.587. The highest BCUT2D eigenvalue weighted by Crippen LogP contribution is 2.37. The Morgan fingerprint density at radius 2 is 1.72 bits per heavy atom. The molecule has 29 heavy (non-hydrogen) atoms. The van der Waals surface area contributed by atoms with Crippen LogP contribution in [-0.2, 0) is 0 Å². The Kier molecular flexibility index (Phi) is 5.50. The number of pyridine rings is 1. The van der Waals surface area contributed by atoms with Gasteiger partial charge in [-0.05, 0) is 48.5 Å². The van der Waals surface area contributed by atoms with Crippen LogP contribution in [0.4, 0.5) is 11.5 Å². The van der Waals surface area contributed by atoms with Crippen molar-refractivity contribution in [2.24, 2.45) is 0 Å². The van der Waals surface area contributed by atoms with E-state index in [4.69, 9.17) is 17.3 Å². The van der Waals surface area contributed by atoms with Crippen LogP contribution in [0.1, 0.15) is 10.4 Å². The van der Waals surface area contributed by atoms with Crippen LogP contribution >= 0.6 is 23.4 Å². The van der Waals surface area contributed by atoms with Gasteiger partial charge < -0.3 is 11.1 Å². The Labute approximate surface area is 176 Å². The zero-order valence-electron chi connectivity index (χ0n) is 15.1. The number of nitrogen functional groups attached to an aromatic ring is 1. The maximum absolute atomic E-state index is 12.7. The molecule has 2 heterocycles. The van der Waals surface area contributed by atoms with E-state index in [-0.39, 0.29) is 5.91 Å². The lowest BCUT2D eigenvalue weighted by Crippen LogP contribution is -2.13. The normalized spacial score (nSPS) is 10.7. The van der Waals surface area contributed by atoms with Crippen LogP contribution in [0, 0.1) is 0 Å². The molecular formula is C21H16ClN5OS. The molecule has 144 valence electrons. The minimum absolute atomic E-state index is 0.268. The number of hydrogen-bond donors (Lipinski definition) is 2. The summed E-state index contributed by atoms with van der Waals surface area (Å²) in [5, 5.41) is 8.68. The van der Waals surface area contributed by atoms with Crippen molar-refractivity contribution >= 4 is 40.8 Å². The van der Waals surface area contributed by atoms with Crippen LogP contribution in [0.2, 0.25) is 5.02 Å². The number of anilines is 2. The van der Waals surface area contributed by atoms with Crippen molar-refractivity contribution in [3.8, 4) is 5.82 Å². The molecular weight excluding hydrogens is 406 g/mol. The first-order chi connectivity index (χ1) is 14.1. The standard InChI is InChI=1S/C21H16ClN5OS/c22-15-9-11-16(12-10-15)29-21-18(25-20(28)14-6-2-1-3-7-14)19(23)27(26-21)17-8-4-5-13-24-17/h1-13H,23H2,(H,25,28). The molecule has 2 aromatic heterocycles. The molecule has 0 radical (unpaired) electrons. The predicted octanol–water partition coefficient (Wildman–Crippen LogP) is 4.91. The molecule has 0 fully saturated rings.